The molecule has 244 valence electrons. The van der Waals surface area contributed by atoms with Crippen LogP contribution >= 0.6 is 52.3 Å². The predicted molar refractivity (Wildman–Crippen MR) is 176 cm³/mol. The molecular weight excluding hydrogens is 673 g/mol. The van der Waals surface area contributed by atoms with Gasteiger partial charge < -0.3 is 24.6 Å². The highest BCUT2D eigenvalue weighted by atomic mass is 35.5. The van der Waals surface area contributed by atoms with Gasteiger partial charge in [-0.15, -0.1) is 0 Å². The van der Waals surface area contributed by atoms with Gasteiger partial charge in [0, 0.05) is 28.5 Å². The number of nitrogens with zero attached hydrogens (tertiary/aromatic N) is 1. The fraction of sp³-hybridized carbons (Fsp3) is 0.393. The van der Waals surface area contributed by atoms with Crippen molar-refractivity contribution in [2.75, 3.05) is 6.61 Å². The Labute approximate surface area is 273 Å². The normalized spacial score (nSPS) is 12.5. The molecule has 0 fully saturated rings. The lowest BCUT2D eigenvalue weighted by Gasteiger charge is -2.18. The van der Waals surface area contributed by atoms with Gasteiger partial charge in [-0.1, -0.05) is 68.1 Å². The predicted octanol–water partition coefficient (Wildman–Crippen LogP) is 6.41. The van der Waals surface area contributed by atoms with Crippen LogP contribution in [0.15, 0.2) is 42.5 Å². The van der Waals surface area contributed by atoms with E-state index in [1.54, 1.807) is 18.2 Å². The van der Waals surface area contributed by atoms with Gasteiger partial charge in [-0.05, 0) is 67.0 Å². The first-order valence-electron chi connectivity index (χ1n) is 13.6. The van der Waals surface area contributed by atoms with Crippen molar-refractivity contribution in [3.63, 3.8) is 0 Å². The maximum atomic E-state index is 13.2. The number of carbonyl (C=O) groups excluding carboxylic acids is 1. The maximum Gasteiger partial charge on any atom is 0.524 e. The van der Waals surface area contributed by atoms with Crippen molar-refractivity contribution >= 4 is 58.3 Å². The van der Waals surface area contributed by atoms with Crippen LogP contribution in [0.5, 0.6) is 5.75 Å². The van der Waals surface area contributed by atoms with E-state index in [-0.39, 0.29) is 55.3 Å². The van der Waals surface area contributed by atoms with E-state index in [0.717, 1.165) is 24.1 Å². The molecule has 0 aliphatic rings. The van der Waals surface area contributed by atoms with E-state index in [9.17, 15) is 23.7 Å². The van der Waals surface area contributed by atoms with Gasteiger partial charge in [-0.2, -0.15) is 13.5 Å². The number of hydrogen-bond donors (Lipinski definition) is 5. The zero-order chi connectivity index (χ0) is 31.9. The molecule has 0 saturated carbocycles. The summed E-state index contributed by atoms with van der Waals surface area (Å²) in [4.78, 5) is 50.0. The van der Waals surface area contributed by atoms with Crippen molar-refractivity contribution in [3.8, 4) is 16.9 Å². The highest BCUT2D eigenvalue weighted by Crippen LogP contribution is 2.44. The molecular formula is C28H38Cl2N2O9P2S. The number of rotatable bonds is 16. The van der Waals surface area contributed by atoms with Crippen molar-refractivity contribution in [1.29, 1.82) is 0 Å². The second-order valence-corrected chi connectivity index (χ2v) is 13.5. The summed E-state index contributed by atoms with van der Waals surface area (Å²) in [6.45, 7) is 4.21. The fourth-order valence-corrected chi connectivity index (χ4v) is 6.32. The summed E-state index contributed by atoms with van der Waals surface area (Å²) in [6.07, 6.45) is 3.55. The van der Waals surface area contributed by atoms with Crippen LogP contribution in [0.25, 0.3) is 11.1 Å². The number of hydrogen-bond acceptors (Lipinski definition) is 5. The molecule has 1 heterocycles. The van der Waals surface area contributed by atoms with E-state index in [1.807, 2.05) is 16.7 Å². The molecule has 0 unspecified atom stereocenters. The Morgan fingerprint density at radius 2 is 1.66 bits per heavy atom. The molecule has 16 heteroatoms. The Morgan fingerprint density at radius 1 is 1.00 bits per heavy atom. The third kappa shape index (κ3) is 11.2. The summed E-state index contributed by atoms with van der Waals surface area (Å²) in [5, 5.41) is 0.516. The number of aryl methyl sites for hydroxylation is 1. The molecule has 1 aromatic heterocycles. The van der Waals surface area contributed by atoms with Crippen LogP contribution in [-0.2, 0) is 39.5 Å². The lowest BCUT2D eigenvalue weighted by molar-refractivity contribution is 0.0999. The minimum absolute atomic E-state index is 0. The van der Waals surface area contributed by atoms with E-state index in [2.05, 4.69) is 18.4 Å². The molecule has 0 bridgehead atoms. The second-order valence-electron chi connectivity index (χ2n) is 10.3. The molecule has 6 N–H and O–H groups in total. The topological polar surface area (TPSA) is 182 Å². The first kappa shape index (κ1) is 38.4. The Bertz CT molecular complexity index is 1520. The van der Waals surface area contributed by atoms with Crippen LogP contribution in [0.1, 0.15) is 60.4 Å². The van der Waals surface area contributed by atoms with Crippen molar-refractivity contribution in [1.82, 2.24) is 4.57 Å². The lowest BCUT2D eigenvalue weighted by Crippen LogP contribution is -2.16. The molecule has 0 saturated heterocycles. The van der Waals surface area contributed by atoms with E-state index in [0.29, 0.717) is 41.1 Å². The molecule has 0 spiro atoms. The van der Waals surface area contributed by atoms with Crippen LogP contribution in [-0.4, -0.2) is 36.7 Å². The molecule has 2 aromatic carbocycles. The first-order chi connectivity index (χ1) is 20.1. The highest BCUT2D eigenvalue weighted by Gasteiger charge is 2.29. The summed E-state index contributed by atoms with van der Waals surface area (Å²) in [6, 6.07) is 11.7. The van der Waals surface area contributed by atoms with Crippen LogP contribution in [0.2, 0.25) is 10.0 Å². The Kier molecular flexibility index (Phi) is 14.5. The molecule has 3 aromatic rings. The van der Waals surface area contributed by atoms with Gasteiger partial charge in [-0.3, -0.25) is 19.1 Å². The SMILES string of the molecule is CCC[C@H](C)Cc1c(-c2ccc(OP(=O)(O)O)c(Cl)c2)c(C(N)=O)c(CCc2ccc(Cl)cc2)n1CCCOP(=O)(O)O.S. The number of carbonyl (C=O) groups is 1. The van der Waals surface area contributed by atoms with Gasteiger partial charge in [0.15, 0.2) is 0 Å². The molecule has 11 nitrogen and oxygen atoms in total. The van der Waals surface area contributed by atoms with Gasteiger partial charge in [0.2, 0.25) is 0 Å². The summed E-state index contributed by atoms with van der Waals surface area (Å²) < 4.78 is 34.0. The Balaban J connectivity index is 0.00000675. The van der Waals surface area contributed by atoms with Crippen LogP contribution in [0.3, 0.4) is 0 Å². The fourth-order valence-electron chi connectivity index (χ4n) is 5.14. The number of benzene rings is 2. The number of nitrogens with two attached hydrogens (primary N) is 1. The van der Waals surface area contributed by atoms with Crippen molar-refractivity contribution in [2.24, 2.45) is 11.7 Å². The van der Waals surface area contributed by atoms with Gasteiger partial charge in [0.25, 0.3) is 5.91 Å². The second kappa shape index (κ2) is 16.7. The van der Waals surface area contributed by atoms with Gasteiger partial charge in [0.1, 0.15) is 5.75 Å². The van der Waals surface area contributed by atoms with E-state index in [1.165, 1.54) is 12.1 Å². The molecule has 1 atom stereocenters. The molecule has 44 heavy (non-hydrogen) atoms. The van der Waals surface area contributed by atoms with Crippen LogP contribution in [0, 0.1) is 5.92 Å². The van der Waals surface area contributed by atoms with E-state index < -0.39 is 21.6 Å². The summed E-state index contributed by atoms with van der Waals surface area (Å²) in [5.41, 5.74) is 9.70. The van der Waals surface area contributed by atoms with Gasteiger partial charge in [0.05, 0.1) is 17.2 Å². The number of primary amides is 1. The minimum atomic E-state index is -4.87. The van der Waals surface area contributed by atoms with Crippen molar-refractivity contribution in [2.45, 2.75) is 58.9 Å². The average Bonchev–Trinajstić information content (AvgIpc) is 3.19. The third-order valence-corrected chi connectivity index (χ3v) is 8.34. The first-order valence-corrected chi connectivity index (χ1v) is 17.4. The zero-order valence-electron chi connectivity index (χ0n) is 24.3. The van der Waals surface area contributed by atoms with Crippen molar-refractivity contribution < 1.29 is 42.5 Å². The number of phosphoric ester groups is 2. The van der Waals surface area contributed by atoms with Crippen molar-refractivity contribution in [3.05, 3.63) is 75.0 Å². The molecule has 0 radical (unpaired) electrons. The summed E-state index contributed by atoms with van der Waals surface area (Å²) in [5.74, 6) is -0.707. The molecule has 1 amide bonds. The monoisotopic (exact) mass is 710 g/mol. The maximum absolute atomic E-state index is 13.2. The molecule has 0 aliphatic carbocycles. The number of phosphoric acid groups is 2. The molecule has 0 aliphatic heterocycles. The van der Waals surface area contributed by atoms with Crippen LogP contribution in [0.4, 0.5) is 0 Å². The molecule has 3 rings (SSSR count). The largest absolute Gasteiger partial charge is 0.524 e. The standard InChI is InChI=1S/C28H36Cl2N2O9P2.H2S/c1-3-5-18(2)16-24-26(20-9-13-25(22(30)17-20)41-43(37,38)39)27(28(31)33)23(12-8-19-6-10-21(29)11-7-19)32(24)14-4-15-40-42(34,35)36;/h6-7,9-11,13,17-18H,3-5,8,12,14-16H2,1-2H3,(H2,31,33)(H2,34,35,36)(H2,37,38,39);1H2/t18-;/m0./s1. The van der Waals surface area contributed by atoms with Crippen LogP contribution < -0.4 is 10.3 Å². The smallest absolute Gasteiger partial charge is 0.403 e. The highest BCUT2D eigenvalue weighted by molar-refractivity contribution is 7.59. The quantitative estimate of drug-likeness (QED) is 0.0829. The Morgan fingerprint density at radius 3 is 2.20 bits per heavy atom. The average molecular weight is 712 g/mol. The summed E-state index contributed by atoms with van der Waals surface area (Å²) >= 11 is 12.4. The number of amides is 1. The number of halogens is 2. The third-order valence-electron chi connectivity index (χ3n) is 6.84. The number of aromatic nitrogens is 1. The Hall–Kier alpha value is -1.82. The zero-order valence-corrected chi connectivity index (χ0v) is 28.6. The lowest BCUT2D eigenvalue weighted by atomic mass is 9.93. The summed E-state index contributed by atoms with van der Waals surface area (Å²) in [7, 11) is -9.54. The van der Waals surface area contributed by atoms with E-state index >= 15 is 0 Å². The minimum Gasteiger partial charge on any atom is -0.403 e. The van der Waals surface area contributed by atoms with Gasteiger partial charge in [-0.25, -0.2) is 9.13 Å². The van der Waals surface area contributed by atoms with Gasteiger partial charge >= 0.3 is 15.6 Å². The van der Waals surface area contributed by atoms with E-state index in [4.69, 9.17) is 43.2 Å².